The van der Waals surface area contributed by atoms with Gasteiger partial charge in [-0.05, 0) is 11.6 Å². The first-order chi connectivity index (χ1) is 9.69. The van der Waals surface area contributed by atoms with E-state index >= 15 is 0 Å². The summed E-state index contributed by atoms with van der Waals surface area (Å²) in [4.78, 5) is 11.7. The van der Waals surface area contributed by atoms with Crippen molar-refractivity contribution in [3.63, 3.8) is 0 Å². The van der Waals surface area contributed by atoms with Crippen molar-refractivity contribution >= 4 is 5.97 Å². The summed E-state index contributed by atoms with van der Waals surface area (Å²) >= 11 is 0. The summed E-state index contributed by atoms with van der Waals surface area (Å²) in [7, 11) is 0. The van der Waals surface area contributed by atoms with Gasteiger partial charge in [0.05, 0.1) is 6.61 Å². The van der Waals surface area contributed by atoms with Gasteiger partial charge in [0.25, 0.3) is 0 Å². The first-order valence-electron chi connectivity index (χ1n) is 6.11. The van der Waals surface area contributed by atoms with Crippen LogP contribution in [0, 0.1) is 17.5 Å². The lowest BCUT2D eigenvalue weighted by Crippen LogP contribution is -2.39. The molecule has 2 rings (SSSR count). The fraction of sp³-hybridized carbons (Fsp3) is 0.357. The SMILES string of the molecule is CC1(C)OC/C(=C(/O)Cc2cc(F)c(F)cc2F)C(=O)O1. The predicted octanol–water partition coefficient (Wildman–Crippen LogP) is 2.77. The number of hydrogen-bond donors (Lipinski definition) is 1. The molecular weight excluding hydrogens is 289 g/mol. The van der Waals surface area contributed by atoms with Crippen molar-refractivity contribution in [3.8, 4) is 0 Å². The van der Waals surface area contributed by atoms with E-state index < -0.39 is 41.4 Å². The smallest absolute Gasteiger partial charge is 0.342 e. The number of hydrogen-bond acceptors (Lipinski definition) is 4. The molecule has 114 valence electrons. The van der Waals surface area contributed by atoms with Crippen LogP contribution in [0.2, 0.25) is 0 Å². The minimum absolute atomic E-state index is 0.182. The summed E-state index contributed by atoms with van der Waals surface area (Å²) in [6, 6.07) is 1.00. The number of rotatable bonds is 2. The standard InChI is InChI=1S/C14H13F3O4/c1-14(2)20-6-8(13(19)21-14)12(18)4-7-3-10(16)11(17)5-9(7)15/h3,5,18H,4,6H2,1-2H3/b12-8-. The van der Waals surface area contributed by atoms with Crippen molar-refractivity contribution in [1.29, 1.82) is 0 Å². The van der Waals surface area contributed by atoms with Crippen LogP contribution < -0.4 is 0 Å². The van der Waals surface area contributed by atoms with Crippen LogP contribution in [0.25, 0.3) is 0 Å². The molecule has 1 aliphatic heterocycles. The molecule has 0 unspecified atom stereocenters. The maximum absolute atomic E-state index is 13.5. The Bertz CT molecular complexity index is 623. The average molecular weight is 302 g/mol. The highest BCUT2D eigenvalue weighted by Gasteiger charge is 2.34. The van der Waals surface area contributed by atoms with Gasteiger partial charge in [-0.3, -0.25) is 0 Å². The number of aliphatic hydroxyl groups is 1. The van der Waals surface area contributed by atoms with E-state index in [0.29, 0.717) is 12.1 Å². The quantitative estimate of drug-likeness (QED) is 0.395. The number of cyclic esters (lactones) is 1. The summed E-state index contributed by atoms with van der Waals surface area (Å²) in [6.07, 6.45) is -0.475. The lowest BCUT2D eigenvalue weighted by molar-refractivity contribution is -0.224. The van der Waals surface area contributed by atoms with Crippen molar-refractivity contribution in [1.82, 2.24) is 0 Å². The molecule has 1 fully saturated rings. The summed E-state index contributed by atoms with van der Waals surface area (Å²) in [6.45, 7) is 2.82. The van der Waals surface area contributed by atoms with Gasteiger partial charge < -0.3 is 14.6 Å². The van der Waals surface area contributed by atoms with Crippen molar-refractivity contribution in [2.24, 2.45) is 0 Å². The van der Waals surface area contributed by atoms with Crippen LogP contribution >= 0.6 is 0 Å². The second-order valence-corrected chi connectivity index (χ2v) is 5.04. The number of benzene rings is 1. The Kier molecular flexibility index (Phi) is 3.95. The molecule has 0 aromatic heterocycles. The van der Waals surface area contributed by atoms with E-state index in [-0.39, 0.29) is 17.7 Å². The molecule has 1 aliphatic rings. The molecule has 0 radical (unpaired) electrons. The Balaban J connectivity index is 2.25. The first kappa shape index (κ1) is 15.4. The van der Waals surface area contributed by atoms with E-state index in [1.165, 1.54) is 13.8 Å². The van der Waals surface area contributed by atoms with E-state index in [1.54, 1.807) is 0 Å². The van der Waals surface area contributed by atoms with Crippen molar-refractivity contribution < 1.29 is 32.5 Å². The molecule has 1 aromatic carbocycles. The normalized spacial score (nSPS) is 20.1. The molecule has 0 saturated carbocycles. The highest BCUT2D eigenvalue weighted by Crippen LogP contribution is 2.24. The fourth-order valence-corrected chi connectivity index (χ4v) is 1.81. The summed E-state index contributed by atoms with van der Waals surface area (Å²) in [5.74, 6) is -6.02. The van der Waals surface area contributed by atoms with E-state index in [9.17, 15) is 23.1 Å². The molecule has 1 aromatic rings. The predicted molar refractivity (Wildman–Crippen MR) is 65.8 cm³/mol. The number of esters is 1. The third-order valence-electron chi connectivity index (χ3n) is 2.94. The maximum Gasteiger partial charge on any atom is 0.342 e. The van der Waals surface area contributed by atoms with E-state index in [2.05, 4.69) is 0 Å². The lowest BCUT2D eigenvalue weighted by atomic mass is 10.1. The number of carbonyl (C=O) groups is 1. The van der Waals surface area contributed by atoms with Crippen molar-refractivity contribution in [2.75, 3.05) is 6.61 Å². The van der Waals surface area contributed by atoms with Gasteiger partial charge in [-0.1, -0.05) is 0 Å². The van der Waals surface area contributed by atoms with Crippen LogP contribution in [-0.4, -0.2) is 23.5 Å². The zero-order valence-corrected chi connectivity index (χ0v) is 11.4. The van der Waals surface area contributed by atoms with Crippen molar-refractivity contribution in [2.45, 2.75) is 26.1 Å². The molecule has 0 spiro atoms. The van der Waals surface area contributed by atoms with Gasteiger partial charge in [-0.15, -0.1) is 0 Å². The highest BCUT2D eigenvalue weighted by atomic mass is 19.2. The summed E-state index contributed by atoms with van der Waals surface area (Å²) in [5, 5.41) is 9.87. The monoisotopic (exact) mass is 302 g/mol. The molecule has 0 bridgehead atoms. The summed E-state index contributed by atoms with van der Waals surface area (Å²) < 4.78 is 49.5. The van der Waals surface area contributed by atoms with Crippen LogP contribution in [-0.2, 0) is 20.7 Å². The van der Waals surface area contributed by atoms with Gasteiger partial charge in [-0.2, -0.15) is 0 Å². The van der Waals surface area contributed by atoms with Gasteiger partial charge in [0.1, 0.15) is 17.1 Å². The fourth-order valence-electron chi connectivity index (χ4n) is 1.81. The van der Waals surface area contributed by atoms with Crippen LogP contribution in [0.15, 0.2) is 23.5 Å². The van der Waals surface area contributed by atoms with Gasteiger partial charge in [0, 0.05) is 26.3 Å². The van der Waals surface area contributed by atoms with Crippen LogP contribution in [0.1, 0.15) is 19.4 Å². The molecule has 1 saturated heterocycles. The van der Waals surface area contributed by atoms with Crippen LogP contribution in [0.5, 0.6) is 0 Å². The van der Waals surface area contributed by atoms with Crippen molar-refractivity contribution in [3.05, 3.63) is 46.5 Å². The number of halogens is 3. The zero-order chi connectivity index (χ0) is 15.8. The molecule has 7 heteroatoms. The zero-order valence-electron chi connectivity index (χ0n) is 11.4. The Morgan fingerprint density at radius 1 is 1.24 bits per heavy atom. The third kappa shape index (κ3) is 3.36. The highest BCUT2D eigenvalue weighted by molar-refractivity contribution is 5.90. The minimum atomic E-state index is -1.33. The minimum Gasteiger partial charge on any atom is -0.511 e. The Morgan fingerprint density at radius 3 is 2.48 bits per heavy atom. The average Bonchev–Trinajstić information content (AvgIpc) is 2.34. The number of ether oxygens (including phenoxy) is 2. The molecule has 1 N–H and O–H groups in total. The molecular formula is C14H13F3O4. The van der Waals surface area contributed by atoms with Gasteiger partial charge >= 0.3 is 5.97 Å². The molecule has 1 heterocycles. The van der Waals surface area contributed by atoms with Crippen LogP contribution in [0.3, 0.4) is 0 Å². The third-order valence-corrected chi connectivity index (χ3v) is 2.94. The Labute approximate surface area is 118 Å². The van der Waals surface area contributed by atoms with E-state index in [4.69, 9.17) is 9.47 Å². The second-order valence-electron chi connectivity index (χ2n) is 5.04. The number of aliphatic hydroxyl groups excluding tert-OH is 1. The van der Waals surface area contributed by atoms with Gasteiger partial charge in [0.2, 0.25) is 5.79 Å². The van der Waals surface area contributed by atoms with Gasteiger partial charge in [0.15, 0.2) is 11.6 Å². The number of allylic oxidation sites excluding steroid dienone is 1. The maximum atomic E-state index is 13.5. The largest absolute Gasteiger partial charge is 0.511 e. The molecule has 0 aliphatic carbocycles. The first-order valence-corrected chi connectivity index (χ1v) is 6.11. The van der Waals surface area contributed by atoms with Crippen LogP contribution in [0.4, 0.5) is 13.2 Å². The van der Waals surface area contributed by atoms with E-state index in [0.717, 1.165) is 0 Å². The topological polar surface area (TPSA) is 55.8 Å². The molecule has 0 atom stereocenters. The second kappa shape index (κ2) is 5.40. The van der Waals surface area contributed by atoms with E-state index in [1.807, 2.05) is 0 Å². The molecule has 21 heavy (non-hydrogen) atoms. The molecule has 4 nitrogen and oxygen atoms in total. The summed E-state index contributed by atoms with van der Waals surface area (Å²) in [5.41, 5.74) is -0.463. The molecule has 0 amide bonds. The van der Waals surface area contributed by atoms with Gasteiger partial charge in [-0.25, -0.2) is 18.0 Å². The lowest BCUT2D eigenvalue weighted by Gasteiger charge is -2.31. The Morgan fingerprint density at radius 2 is 1.86 bits per heavy atom. The Hall–Kier alpha value is -2.02. The number of carbonyl (C=O) groups excluding carboxylic acids is 1.